The fourth-order valence-electron chi connectivity index (χ4n) is 1.84. The van der Waals surface area contributed by atoms with Crippen LogP contribution in [0.1, 0.15) is 29.0 Å². The van der Waals surface area contributed by atoms with E-state index in [-0.39, 0.29) is 5.91 Å². The maximum Gasteiger partial charge on any atom is 0.308 e. The van der Waals surface area contributed by atoms with Crippen LogP contribution in [-0.4, -0.2) is 22.0 Å². The molecule has 1 amide bonds. The van der Waals surface area contributed by atoms with Gasteiger partial charge in [-0.05, 0) is 12.5 Å². The van der Waals surface area contributed by atoms with Gasteiger partial charge in [-0.25, -0.2) is 4.98 Å². The van der Waals surface area contributed by atoms with Gasteiger partial charge in [-0.2, -0.15) is 0 Å². The van der Waals surface area contributed by atoms with Crippen LogP contribution in [0.2, 0.25) is 0 Å². The lowest BCUT2D eigenvalue weighted by Crippen LogP contribution is -2.35. The number of aliphatic carboxylic acids is 1. The average Bonchev–Trinajstić information content (AvgIpc) is 2.99. The van der Waals surface area contributed by atoms with Gasteiger partial charge in [0.25, 0.3) is 5.91 Å². The number of carbonyl (C=O) groups is 2. The van der Waals surface area contributed by atoms with Gasteiger partial charge in [0.15, 0.2) is 0 Å². The number of carbonyl (C=O) groups excluding carboxylic acids is 1. The van der Waals surface area contributed by atoms with E-state index in [0.717, 1.165) is 5.56 Å². The van der Waals surface area contributed by atoms with Gasteiger partial charge in [0.2, 0.25) is 0 Å². The third kappa shape index (κ3) is 3.21. The van der Waals surface area contributed by atoms with Crippen LogP contribution < -0.4 is 5.32 Å². The van der Waals surface area contributed by atoms with Crippen molar-refractivity contribution in [2.24, 2.45) is 5.92 Å². The van der Waals surface area contributed by atoms with Crippen molar-refractivity contribution < 1.29 is 14.7 Å². The number of hydrogen-bond acceptors (Lipinski definition) is 4. The lowest BCUT2D eigenvalue weighted by atomic mass is 9.94. The van der Waals surface area contributed by atoms with E-state index < -0.39 is 17.9 Å². The van der Waals surface area contributed by atoms with E-state index in [1.54, 1.807) is 29.9 Å². The number of rotatable bonds is 5. The molecule has 104 valence electrons. The van der Waals surface area contributed by atoms with Crippen molar-refractivity contribution in [2.45, 2.75) is 13.0 Å². The molecule has 2 atom stereocenters. The second-order valence-corrected chi connectivity index (χ2v) is 5.08. The van der Waals surface area contributed by atoms with E-state index in [4.69, 9.17) is 0 Å². The SMILES string of the molecule is C[C@@H](C(=O)O)[C@@H](NC(=O)c1cscn1)c1ccccc1. The first-order valence-corrected chi connectivity index (χ1v) is 7.00. The Bertz CT molecular complexity index is 584. The summed E-state index contributed by atoms with van der Waals surface area (Å²) >= 11 is 1.32. The third-order valence-electron chi connectivity index (χ3n) is 3.00. The molecule has 2 aromatic rings. The molecule has 5 nitrogen and oxygen atoms in total. The molecule has 1 aromatic heterocycles. The Morgan fingerprint density at radius 1 is 1.30 bits per heavy atom. The molecule has 0 aliphatic heterocycles. The number of aromatic nitrogens is 1. The number of hydrogen-bond donors (Lipinski definition) is 2. The standard InChI is InChI=1S/C14H14N2O3S/c1-9(14(18)19)12(10-5-3-2-4-6-10)16-13(17)11-7-20-8-15-11/h2-9,12H,1H3,(H,16,17)(H,18,19)/t9-,12-/m1/s1. The Morgan fingerprint density at radius 3 is 2.55 bits per heavy atom. The summed E-state index contributed by atoms with van der Waals surface area (Å²) in [6, 6.07) is 8.46. The Kier molecular flexibility index (Phi) is 4.47. The van der Waals surface area contributed by atoms with Gasteiger partial charge in [0.1, 0.15) is 5.69 Å². The van der Waals surface area contributed by atoms with Crippen LogP contribution in [0.5, 0.6) is 0 Å². The number of thiazole rings is 1. The minimum atomic E-state index is -0.961. The predicted octanol–water partition coefficient (Wildman–Crippen LogP) is 2.33. The molecule has 20 heavy (non-hydrogen) atoms. The first kappa shape index (κ1) is 14.2. The highest BCUT2D eigenvalue weighted by molar-refractivity contribution is 7.07. The van der Waals surface area contributed by atoms with Crippen molar-refractivity contribution in [1.29, 1.82) is 0 Å². The summed E-state index contributed by atoms with van der Waals surface area (Å²) < 4.78 is 0. The van der Waals surface area contributed by atoms with Crippen LogP contribution in [0.15, 0.2) is 41.2 Å². The summed E-state index contributed by atoms with van der Waals surface area (Å²) in [4.78, 5) is 27.2. The highest BCUT2D eigenvalue weighted by Gasteiger charge is 2.27. The molecule has 1 aromatic carbocycles. The molecule has 0 unspecified atom stereocenters. The van der Waals surface area contributed by atoms with Gasteiger partial charge in [-0.3, -0.25) is 9.59 Å². The lowest BCUT2D eigenvalue weighted by molar-refractivity contribution is -0.142. The molecule has 0 aliphatic rings. The molecular formula is C14H14N2O3S. The van der Waals surface area contributed by atoms with Crippen LogP contribution in [0, 0.1) is 5.92 Å². The molecule has 0 aliphatic carbocycles. The minimum absolute atomic E-state index is 0.300. The summed E-state index contributed by atoms with van der Waals surface area (Å²) in [7, 11) is 0. The van der Waals surface area contributed by atoms with Crippen LogP contribution in [0.4, 0.5) is 0 Å². The fourth-order valence-corrected chi connectivity index (χ4v) is 2.37. The molecule has 0 saturated heterocycles. The monoisotopic (exact) mass is 290 g/mol. The van der Waals surface area contributed by atoms with Gasteiger partial charge < -0.3 is 10.4 Å². The summed E-state index contributed by atoms with van der Waals surface area (Å²) in [6.45, 7) is 1.57. The highest BCUT2D eigenvalue weighted by atomic mass is 32.1. The highest BCUT2D eigenvalue weighted by Crippen LogP contribution is 2.22. The second kappa shape index (κ2) is 6.29. The zero-order valence-electron chi connectivity index (χ0n) is 10.8. The van der Waals surface area contributed by atoms with Crippen molar-refractivity contribution in [1.82, 2.24) is 10.3 Å². The van der Waals surface area contributed by atoms with Gasteiger partial charge >= 0.3 is 5.97 Å². The van der Waals surface area contributed by atoms with Gasteiger partial charge in [0.05, 0.1) is 17.5 Å². The Hall–Kier alpha value is -2.21. The van der Waals surface area contributed by atoms with Gasteiger partial charge in [0, 0.05) is 5.38 Å². The van der Waals surface area contributed by atoms with Crippen LogP contribution in [-0.2, 0) is 4.79 Å². The Labute approximate surface area is 120 Å². The molecule has 0 radical (unpaired) electrons. The first-order chi connectivity index (χ1) is 9.59. The maximum atomic E-state index is 12.1. The van der Waals surface area contributed by atoms with Crippen molar-refractivity contribution in [3.63, 3.8) is 0 Å². The summed E-state index contributed by atoms with van der Waals surface area (Å²) in [5, 5.41) is 13.6. The Balaban J connectivity index is 2.24. The molecular weight excluding hydrogens is 276 g/mol. The van der Waals surface area contributed by atoms with Crippen molar-refractivity contribution in [3.05, 3.63) is 52.5 Å². The second-order valence-electron chi connectivity index (χ2n) is 4.36. The van der Waals surface area contributed by atoms with E-state index in [2.05, 4.69) is 10.3 Å². The zero-order valence-corrected chi connectivity index (χ0v) is 11.6. The van der Waals surface area contributed by atoms with E-state index in [1.807, 2.05) is 18.2 Å². The lowest BCUT2D eigenvalue weighted by Gasteiger charge is -2.22. The van der Waals surface area contributed by atoms with Gasteiger partial charge in [-0.15, -0.1) is 11.3 Å². The number of carboxylic acid groups (broad SMARTS) is 1. The van der Waals surface area contributed by atoms with E-state index >= 15 is 0 Å². The van der Waals surface area contributed by atoms with Crippen molar-refractivity contribution >= 4 is 23.2 Å². The third-order valence-corrected chi connectivity index (χ3v) is 3.59. The number of nitrogens with zero attached hydrogens (tertiary/aromatic N) is 1. The number of carboxylic acids is 1. The molecule has 0 spiro atoms. The van der Waals surface area contributed by atoms with E-state index in [1.165, 1.54) is 11.3 Å². The minimum Gasteiger partial charge on any atom is -0.481 e. The van der Waals surface area contributed by atoms with E-state index in [9.17, 15) is 14.7 Å². The van der Waals surface area contributed by atoms with Crippen molar-refractivity contribution in [2.75, 3.05) is 0 Å². The number of amides is 1. The molecule has 0 fully saturated rings. The maximum absolute atomic E-state index is 12.1. The summed E-state index contributed by atoms with van der Waals surface area (Å²) in [5.74, 6) is -2.06. The number of benzene rings is 1. The molecule has 2 N–H and O–H groups in total. The molecule has 6 heteroatoms. The van der Waals surface area contributed by atoms with E-state index in [0.29, 0.717) is 5.69 Å². The van der Waals surface area contributed by atoms with Crippen LogP contribution in [0.3, 0.4) is 0 Å². The quantitative estimate of drug-likeness (QED) is 0.885. The average molecular weight is 290 g/mol. The van der Waals surface area contributed by atoms with Gasteiger partial charge in [-0.1, -0.05) is 30.3 Å². The zero-order chi connectivity index (χ0) is 14.5. The molecule has 0 bridgehead atoms. The topological polar surface area (TPSA) is 79.3 Å². The summed E-state index contributed by atoms with van der Waals surface area (Å²) in [5.41, 5.74) is 2.62. The molecule has 1 heterocycles. The smallest absolute Gasteiger partial charge is 0.308 e. The predicted molar refractivity (Wildman–Crippen MR) is 75.6 cm³/mol. The normalized spacial score (nSPS) is 13.4. The largest absolute Gasteiger partial charge is 0.481 e. The van der Waals surface area contributed by atoms with Crippen LogP contribution in [0.25, 0.3) is 0 Å². The molecule has 2 rings (SSSR count). The number of nitrogens with one attached hydrogen (secondary N) is 1. The van der Waals surface area contributed by atoms with Crippen molar-refractivity contribution in [3.8, 4) is 0 Å². The first-order valence-electron chi connectivity index (χ1n) is 6.06. The Morgan fingerprint density at radius 2 is 2.00 bits per heavy atom. The fraction of sp³-hybridized carbons (Fsp3) is 0.214. The molecule has 0 saturated carbocycles. The summed E-state index contributed by atoms with van der Waals surface area (Å²) in [6.07, 6.45) is 0. The van der Waals surface area contributed by atoms with Crippen LogP contribution >= 0.6 is 11.3 Å².